The van der Waals surface area contributed by atoms with Crippen LogP contribution in [0.5, 0.6) is 5.75 Å². The average Bonchev–Trinajstić information content (AvgIpc) is 2.55. The zero-order valence-electron chi connectivity index (χ0n) is 16.5. The van der Waals surface area contributed by atoms with Crippen LogP contribution in [0.3, 0.4) is 0 Å². The Morgan fingerprint density at radius 3 is 2.40 bits per heavy atom. The zero-order chi connectivity index (χ0) is 17.9. The fourth-order valence-electron chi connectivity index (χ4n) is 2.70. The normalized spacial score (nSPS) is 11.6. The molecule has 25 heavy (non-hydrogen) atoms. The molecule has 0 saturated carbocycles. The fourth-order valence-corrected chi connectivity index (χ4v) is 2.70. The number of ether oxygens (including phenoxy) is 1. The molecular weight excluding hydrogens is 427 g/mol. The molecule has 0 bridgehead atoms. The number of hydrogen-bond donors (Lipinski definition) is 2. The molecule has 144 valence electrons. The van der Waals surface area contributed by atoms with Crippen LogP contribution in [0.1, 0.15) is 40.2 Å². The molecule has 1 aromatic rings. The van der Waals surface area contributed by atoms with Crippen molar-refractivity contribution in [1.82, 2.24) is 15.5 Å². The van der Waals surface area contributed by atoms with Crippen molar-refractivity contribution < 1.29 is 4.74 Å². The molecule has 0 spiro atoms. The average molecular weight is 462 g/mol. The van der Waals surface area contributed by atoms with E-state index in [0.29, 0.717) is 18.6 Å². The van der Waals surface area contributed by atoms with E-state index >= 15 is 0 Å². The molecule has 0 unspecified atom stereocenters. The zero-order valence-corrected chi connectivity index (χ0v) is 18.8. The molecule has 1 aromatic carbocycles. The van der Waals surface area contributed by atoms with E-state index in [4.69, 9.17) is 4.74 Å². The maximum atomic E-state index is 5.26. The number of guanidine groups is 1. The third-order valence-electron chi connectivity index (χ3n) is 3.89. The molecule has 0 aliphatic heterocycles. The molecule has 0 amide bonds. The molecule has 1 rings (SSSR count). The highest BCUT2D eigenvalue weighted by atomic mass is 127. The van der Waals surface area contributed by atoms with Gasteiger partial charge in [-0.3, -0.25) is 4.90 Å². The van der Waals surface area contributed by atoms with Crippen molar-refractivity contribution in [2.24, 2.45) is 4.99 Å². The van der Waals surface area contributed by atoms with Gasteiger partial charge in [-0.2, -0.15) is 0 Å². The van der Waals surface area contributed by atoms with Gasteiger partial charge in [-0.05, 0) is 52.3 Å². The second-order valence-corrected chi connectivity index (χ2v) is 6.40. The third-order valence-corrected chi connectivity index (χ3v) is 3.89. The summed E-state index contributed by atoms with van der Waals surface area (Å²) in [5.41, 5.74) is 1.14. The predicted molar refractivity (Wildman–Crippen MR) is 118 cm³/mol. The second-order valence-electron chi connectivity index (χ2n) is 6.40. The Labute approximate surface area is 170 Å². The van der Waals surface area contributed by atoms with Crippen LogP contribution in [0.15, 0.2) is 29.3 Å². The smallest absolute Gasteiger partial charge is 0.191 e. The van der Waals surface area contributed by atoms with Gasteiger partial charge in [0, 0.05) is 31.7 Å². The second kappa shape index (κ2) is 13.2. The Bertz CT molecular complexity index is 498. The maximum Gasteiger partial charge on any atom is 0.191 e. The first-order valence-corrected chi connectivity index (χ1v) is 8.88. The van der Waals surface area contributed by atoms with Gasteiger partial charge in [0.2, 0.25) is 0 Å². The molecular formula is C19H35IN4O. The van der Waals surface area contributed by atoms with Crippen LogP contribution in [0, 0.1) is 0 Å². The van der Waals surface area contributed by atoms with Gasteiger partial charge in [-0.25, -0.2) is 4.99 Å². The first-order valence-electron chi connectivity index (χ1n) is 8.88. The van der Waals surface area contributed by atoms with Crippen molar-refractivity contribution in [1.29, 1.82) is 0 Å². The van der Waals surface area contributed by atoms with Crippen LogP contribution in [0.4, 0.5) is 0 Å². The summed E-state index contributed by atoms with van der Waals surface area (Å²) in [5, 5.41) is 6.73. The first kappa shape index (κ1) is 24.0. The van der Waals surface area contributed by atoms with Crippen LogP contribution in [0.25, 0.3) is 0 Å². The first-order chi connectivity index (χ1) is 11.5. The molecule has 0 radical (unpaired) electrons. The summed E-state index contributed by atoms with van der Waals surface area (Å²) < 4.78 is 5.26. The highest BCUT2D eigenvalue weighted by Gasteiger charge is 2.12. The quantitative estimate of drug-likeness (QED) is 0.335. The Morgan fingerprint density at radius 1 is 1.16 bits per heavy atom. The van der Waals surface area contributed by atoms with Crippen LogP contribution < -0.4 is 15.4 Å². The molecule has 6 heteroatoms. The molecule has 5 nitrogen and oxygen atoms in total. The molecule has 0 aromatic heterocycles. The lowest BCUT2D eigenvalue weighted by molar-refractivity contribution is 0.178. The number of nitrogens with zero attached hydrogens (tertiary/aromatic N) is 2. The monoisotopic (exact) mass is 462 g/mol. The summed E-state index contributed by atoms with van der Waals surface area (Å²) in [5.74, 6) is 1.72. The minimum atomic E-state index is 0. The van der Waals surface area contributed by atoms with Gasteiger partial charge in [-0.1, -0.05) is 12.1 Å². The van der Waals surface area contributed by atoms with Gasteiger partial charge < -0.3 is 15.4 Å². The molecule has 0 heterocycles. The van der Waals surface area contributed by atoms with Crippen LogP contribution in [-0.4, -0.2) is 49.7 Å². The summed E-state index contributed by atoms with van der Waals surface area (Å²) in [4.78, 5) is 7.14. The van der Waals surface area contributed by atoms with Crippen LogP contribution in [0.2, 0.25) is 0 Å². The lowest BCUT2D eigenvalue weighted by Gasteiger charge is -2.30. The number of hydrogen-bond acceptors (Lipinski definition) is 3. The minimum Gasteiger partial charge on any atom is -0.497 e. The van der Waals surface area contributed by atoms with Crippen molar-refractivity contribution >= 4 is 29.9 Å². The van der Waals surface area contributed by atoms with Crippen molar-refractivity contribution in [2.75, 3.05) is 26.7 Å². The maximum absolute atomic E-state index is 5.26. The van der Waals surface area contributed by atoms with Crippen molar-refractivity contribution in [3.05, 3.63) is 29.8 Å². The minimum absolute atomic E-state index is 0. The van der Waals surface area contributed by atoms with Crippen LogP contribution >= 0.6 is 24.0 Å². The lowest BCUT2D eigenvalue weighted by Crippen LogP contribution is -2.45. The highest BCUT2D eigenvalue weighted by molar-refractivity contribution is 14.0. The molecule has 0 saturated heterocycles. The number of rotatable bonds is 9. The van der Waals surface area contributed by atoms with E-state index in [1.54, 1.807) is 7.11 Å². The number of aliphatic imine (C=N–C) groups is 1. The lowest BCUT2D eigenvalue weighted by atomic mass is 10.2. The van der Waals surface area contributed by atoms with Gasteiger partial charge >= 0.3 is 0 Å². The van der Waals surface area contributed by atoms with Crippen molar-refractivity contribution in [2.45, 2.75) is 53.2 Å². The van der Waals surface area contributed by atoms with Crippen LogP contribution in [-0.2, 0) is 6.54 Å². The van der Waals surface area contributed by atoms with E-state index in [1.807, 2.05) is 18.2 Å². The predicted octanol–water partition coefficient (Wildman–Crippen LogP) is 3.49. The number of methoxy groups -OCH3 is 1. The van der Waals surface area contributed by atoms with E-state index in [9.17, 15) is 0 Å². The Morgan fingerprint density at radius 2 is 1.84 bits per heavy atom. The van der Waals surface area contributed by atoms with E-state index < -0.39 is 0 Å². The van der Waals surface area contributed by atoms with E-state index in [1.165, 1.54) is 0 Å². The number of halogens is 1. The van der Waals surface area contributed by atoms with Gasteiger partial charge in [0.15, 0.2) is 5.96 Å². The molecule has 0 aliphatic carbocycles. The summed E-state index contributed by atoms with van der Waals surface area (Å²) in [6, 6.07) is 9.11. The number of nitrogens with one attached hydrogen (secondary N) is 2. The van der Waals surface area contributed by atoms with Crippen molar-refractivity contribution in [3.63, 3.8) is 0 Å². The summed E-state index contributed by atoms with van der Waals surface area (Å²) in [6.45, 7) is 14.4. The largest absolute Gasteiger partial charge is 0.497 e. The van der Waals surface area contributed by atoms with Crippen molar-refractivity contribution in [3.8, 4) is 5.75 Å². The standard InChI is InChI=1S/C19H34N4O.HI/c1-7-20-19(21-11-12-23(15(2)3)16(4)5)22-14-17-9-8-10-18(13-17)24-6;/h8-10,13,15-16H,7,11-12,14H2,1-6H3,(H2,20,21,22);1H. The number of benzene rings is 1. The van der Waals surface area contributed by atoms with Gasteiger partial charge in [0.25, 0.3) is 0 Å². The molecule has 0 atom stereocenters. The van der Waals surface area contributed by atoms with Gasteiger partial charge in [0.05, 0.1) is 13.7 Å². The van der Waals surface area contributed by atoms with Gasteiger partial charge in [-0.15, -0.1) is 24.0 Å². The Hall–Kier alpha value is -1.02. The molecule has 2 N–H and O–H groups in total. The fraction of sp³-hybridized carbons (Fsp3) is 0.632. The summed E-state index contributed by atoms with van der Waals surface area (Å²) in [6.07, 6.45) is 0. The third kappa shape index (κ3) is 9.30. The molecule has 0 fully saturated rings. The SMILES string of the molecule is CCNC(=NCc1cccc(OC)c1)NCCN(C(C)C)C(C)C.I. The highest BCUT2D eigenvalue weighted by Crippen LogP contribution is 2.13. The topological polar surface area (TPSA) is 48.9 Å². The Balaban J connectivity index is 0.00000576. The van der Waals surface area contributed by atoms with E-state index in [-0.39, 0.29) is 24.0 Å². The summed E-state index contributed by atoms with van der Waals surface area (Å²) in [7, 11) is 1.68. The Kier molecular flexibility index (Phi) is 12.7. The summed E-state index contributed by atoms with van der Waals surface area (Å²) >= 11 is 0. The molecule has 0 aliphatic rings. The van der Waals surface area contributed by atoms with E-state index in [0.717, 1.165) is 36.9 Å². The van der Waals surface area contributed by atoms with Gasteiger partial charge in [0.1, 0.15) is 5.75 Å². The van der Waals surface area contributed by atoms with E-state index in [2.05, 4.69) is 61.2 Å².